The van der Waals surface area contributed by atoms with Crippen molar-refractivity contribution in [3.05, 3.63) is 12.2 Å². The molecule has 1 N–H and O–H groups in total. The van der Waals surface area contributed by atoms with Crippen molar-refractivity contribution >= 4 is 11.8 Å². The van der Waals surface area contributed by atoms with Crippen LogP contribution in [0.2, 0.25) is 0 Å². The van der Waals surface area contributed by atoms with Gasteiger partial charge < -0.3 is 15.0 Å². The molecule has 2 amide bonds. The Balaban J connectivity index is 1.48. The summed E-state index contributed by atoms with van der Waals surface area (Å²) in [4.78, 5) is 27.7. The average molecular weight is 318 g/mol. The second kappa shape index (κ2) is 6.27. The molecule has 23 heavy (non-hydrogen) atoms. The SMILES string of the molecule is O=C(NC1CCCC1)[C@@H]1[C@@H](C(=O)N2CCOCC2)[C@H]2C=C[C@H]1C2. The van der Waals surface area contributed by atoms with E-state index in [1.165, 1.54) is 12.8 Å². The van der Waals surface area contributed by atoms with Crippen molar-refractivity contribution < 1.29 is 14.3 Å². The van der Waals surface area contributed by atoms with Crippen molar-refractivity contribution in [2.24, 2.45) is 23.7 Å². The topological polar surface area (TPSA) is 58.6 Å². The third-order valence-electron chi connectivity index (χ3n) is 6.07. The first-order chi connectivity index (χ1) is 11.2. The summed E-state index contributed by atoms with van der Waals surface area (Å²) >= 11 is 0. The van der Waals surface area contributed by atoms with Crippen LogP contribution in [0, 0.1) is 23.7 Å². The fourth-order valence-electron chi connectivity index (χ4n) is 4.88. The number of morpholine rings is 1. The predicted molar refractivity (Wildman–Crippen MR) is 85.5 cm³/mol. The van der Waals surface area contributed by atoms with E-state index in [4.69, 9.17) is 4.74 Å². The van der Waals surface area contributed by atoms with Gasteiger partial charge in [-0.25, -0.2) is 0 Å². The third kappa shape index (κ3) is 2.80. The quantitative estimate of drug-likeness (QED) is 0.799. The van der Waals surface area contributed by atoms with E-state index in [1.54, 1.807) is 0 Å². The Hall–Kier alpha value is -1.36. The number of amides is 2. The molecule has 0 unspecified atom stereocenters. The van der Waals surface area contributed by atoms with Crippen LogP contribution in [0.3, 0.4) is 0 Å². The highest BCUT2D eigenvalue weighted by Gasteiger charge is 2.52. The zero-order valence-electron chi connectivity index (χ0n) is 13.6. The molecule has 3 fully saturated rings. The Labute approximate surface area is 137 Å². The van der Waals surface area contributed by atoms with Crippen LogP contribution < -0.4 is 5.32 Å². The molecule has 1 heterocycles. The molecular formula is C18H26N2O3. The number of carbonyl (C=O) groups is 2. The molecule has 5 nitrogen and oxygen atoms in total. The fraction of sp³-hybridized carbons (Fsp3) is 0.778. The number of nitrogens with one attached hydrogen (secondary N) is 1. The second-order valence-corrected chi connectivity index (χ2v) is 7.43. The molecule has 0 aromatic heterocycles. The smallest absolute Gasteiger partial charge is 0.227 e. The predicted octanol–water partition coefficient (Wildman–Crippen LogP) is 1.34. The van der Waals surface area contributed by atoms with E-state index in [2.05, 4.69) is 17.5 Å². The van der Waals surface area contributed by atoms with Gasteiger partial charge in [0, 0.05) is 19.1 Å². The van der Waals surface area contributed by atoms with E-state index in [9.17, 15) is 9.59 Å². The minimum absolute atomic E-state index is 0.111. The highest BCUT2D eigenvalue weighted by atomic mass is 16.5. The van der Waals surface area contributed by atoms with E-state index in [-0.39, 0.29) is 35.5 Å². The van der Waals surface area contributed by atoms with E-state index >= 15 is 0 Å². The maximum Gasteiger partial charge on any atom is 0.227 e. The van der Waals surface area contributed by atoms with Crippen LogP contribution in [0.1, 0.15) is 32.1 Å². The lowest BCUT2D eigenvalue weighted by Crippen LogP contribution is -2.50. The minimum atomic E-state index is -0.166. The first-order valence-corrected chi connectivity index (χ1v) is 9.09. The van der Waals surface area contributed by atoms with Crippen LogP contribution >= 0.6 is 0 Å². The van der Waals surface area contributed by atoms with E-state index in [0.717, 1.165) is 19.3 Å². The molecule has 0 aromatic rings. The zero-order valence-corrected chi connectivity index (χ0v) is 13.6. The summed E-state index contributed by atoms with van der Waals surface area (Å²) < 4.78 is 5.35. The maximum atomic E-state index is 13.0. The summed E-state index contributed by atoms with van der Waals surface area (Å²) in [6.45, 7) is 2.55. The Kier molecular flexibility index (Phi) is 4.14. The van der Waals surface area contributed by atoms with Gasteiger partial charge >= 0.3 is 0 Å². The van der Waals surface area contributed by atoms with Crippen molar-refractivity contribution in [3.63, 3.8) is 0 Å². The lowest BCUT2D eigenvalue weighted by atomic mass is 9.81. The number of rotatable bonds is 3. The highest BCUT2D eigenvalue weighted by molar-refractivity contribution is 5.90. The standard InChI is InChI=1S/C18H26N2O3/c21-17(19-14-3-1-2-4-14)15-12-5-6-13(11-12)16(15)18(22)20-7-9-23-10-8-20/h5-6,12-16H,1-4,7-11H2,(H,19,21)/t12-,13-,15-,16-/m0/s1. The molecule has 1 saturated heterocycles. The molecule has 0 aromatic carbocycles. The summed E-state index contributed by atoms with van der Waals surface area (Å²) in [5.74, 6) is 0.439. The molecular weight excluding hydrogens is 292 g/mol. The zero-order chi connectivity index (χ0) is 15.8. The van der Waals surface area contributed by atoms with Gasteiger partial charge in [0.25, 0.3) is 0 Å². The Morgan fingerprint density at radius 2 is 1.65 bits per heavy atom. The fourth-order valence-corrected chi connectivity index (χ4v) is 4.88. The largest absolute Gasteiger partial charge is 0.378 e. The summed E-state index contributed by atoms with van der Waals surface area (Å²) in [5.41, 5.74) is 0. The summed E-state index contributed by atoms with van der Waals surface area (Å²) in [6.07, 6.45) is 9.87. The number of allylic oxidation sites excluding steroid dienone is 2. The maximum absolute atomic E-state index is 13.0. The van der Waals surface area contributed by atoms with Crippen molar-refractivity contribution in [1.29, 1.82) is 0 Å². The molecule has 0 radical (unpaired) electrons. The van der Waals surface area contributed by atoms with Crippen molar-refractivity contribution in [2.45, 2.75) is 38.1 Å². The van der Waals surface area contributed by atoms with Gasteiger partial charge in [-0.1, -0.05) is 25.0 Å². The van der Waals surface area contributed by atoms with Gasteiger partial charge in [0.15, 0.2) is 0 Å². The first-order valence-electron chi connectivity index (χ1n) is 9.09. The Morgan fingerprint density at radius 1 is 1.00 bits per heavy atom. The van der Waals surface area contributed by atoms with Crippen molar-refractivity contribution in [1.82, 2.24) is 10.2 Å². The lowest BCUT2D eigenvalue weighted by molar-refractivity contribution is -0.145. The van der Waals surface area contributed by atoms with Crippen molar-refractivity contribution in [2.75, 3.05) is 26.3 Å². The van der Waals surface area contributed by atoms with Gasteiger partial charge in [0.2, 0.25) is 11.8 Å². The highest BCUT2D eigenvalue weighted by Crippen LogP contribution is 2.49. The first kappa shape index (κ1) is 15.2. The van der Waals surface area contributed by atoms with Crippen LogP contribution in [0.5, 0.6) is 0 Å². The number of nitrogens with zero attached hydrogens (tertiary/aromatic N) is 1. The molecule has 4 rings (SSSR count). The molecule has 2 saturated carbocycles. The monoisotopic (exact) mass is 318 g/mol. The van der Waals surface area contributed by atoms with Gasteiger partial charge in [-0.3, -0.25) is 9.59 Å². The molecule has 4 atom stereocenters. The van der Waals surface area contributed by atoms with Gasteiger partial charge in [0.05, 0.1) is 25.0 Å². The second-order valence-electron chi connectivity index (χ2n) is 7.43. The van der Waals surface area contributed by atoms with Gasteiger partial charge in [-0.05, 0) is 31.1 Å². The van der Waals surface area contributed by atoms with Gasteiger partial charge in [-0.2, -0.15) is 0 Å². The van der Waals surface area contributed by atoms with E-state index in [1.807, 2.05) is 4.90 Å². The average Bonchev–Trinajstić information content (AvgIpc) is 3.31. The van der Waals surface area contributed by atoms with Gasteiger partial charge in [0.1, 0.15) is 0 Å². The minimum Gasteiger partial charge on any atom is -0.378 e. The number of fused-ring (bicyclic) bond motifs is 2. The normalized spacial score (nSPS) is 36.6. The Morgan fingerprint density at radius 3 is 2.35 bits per heavy atom. The molecule has 3 aliphatic carbocycles. The van der Waals surface area contributed by atoms with Crippen LogP contribution in [-0.2, 0) is 14.3 Å². The summed E-state index contributed by atoms with van der Waals surface area (Å²) in [7, 11) is 0. The number of hydrogen-bond acceptors (Lipinski definition) is 3. The Bertz CT molecular complexity index is 506. The van der Waals surface area contributed by atoms with Crippen molar-refractivity contribution in [3.8, 4) is 0 Å². The number of hydrogen-bond donors (Lipinski definition) is 1. The number of ether oxygens (including phenoxy) is 1. The van der Waals surface area contributed by atoms with Crippen LogP contribution in [0.4, 0.5) is 0 Å². The molecule has 4 aliphatic rings. The lowest BCUT2D eigenvalue weighted by Gasteiger charge is -2.34. The third-order valence-corrected chi connectivity index (χ3v) is 6.07. The molecule has 126 valence electrons. The van der Waals surface area contributed by atoms with Crippen LogP contribution in [-0.4, -0.2) is 49.1 Å². The molecule has 1 aliphatic heterocycles. The van der Waals surface area contributed by atoms with Crippen LogP contribution in [0.25, 0.3) is 0 Å². The molecule has 2 bridgehead atoms. The number of carbonyl (C=O) groups excluding carboxylic acids is 2. The van der Waals surface area contributed by atoms with E-state index < -0.39 is 0 Å². The van der Waals surface area contributed by atoms with Crippen LogP contribution in [0.15, 0.2) is 12.2 Å². The molecule has 0 spiro atoms. The molecule has 5 heteroatoms. The van der Waals surface area contributed by atoms with Gasteiger partial charge in [-0.15, -0.1) is 0 Å². The summed E-state index contributed by atoms with van der Waals surface area (Å²) in [6, 6.07) is 0.324. The summed E-state index contributed by atoms with van der Waals surface area (Å²) in [5, 5.41) is 3.23. The van der Waals surface area contributed by atoms with E-state index in [0.29, 0.717) is 32.3 Å².